The standard InChI is InChI=1S/C14H17N3O3S/c18-21(19)9-7-12(10-21)13-16-17-14(20-13)15-8-6-11-4-2-1-3-5-11/h1-5,12H,6-10H2,(H,15,17). The minimum Gasteiger partial charge on any atom is -0.408 e. The molecule has 1 aliphatic heterocycles. The van der Waals surface area contributed by atoms with E-state index in [1.165, 1.54) is 5.56 Å². The molecule has 1 atom stereocenters. The first kappa shape index (κ1) is 14.1. The smallest absolute Gasteiger partial charge is 0.315 e. The minimum absolute atomic E-state index is 0.110. The highest BCUT2D eigenvalue weighted by Crippen LogP contribution is 2.28. The molecule has 0 bridgehead atoms. The zero-order valence-electron chi connectivity index (χ0n) is 11.5. The molecule has 3 rings (SSSR count). The molecule has 0 spiro atoms. The van der Waals surface area contributed by atoms with E-state index in [0.29, 0.717) is 24.9 Å². The maximum Gasteiger partial charge on any atom is 0.315 e. The molecule has 0 aliphatic carbocycles. The van der Waals surface area contributed by atoms with E-state index in [4.69, 9.17) is 4.42 Å². The first-order chi connectivity index (χ1) is 10.1. The van der Waals surface area contributed by atoms with Crippen molar-refractivity contribution in [2.45, 2.75) is 18.8 Å². The summed E-state index contributed by atoms with van der Waals surface area (Å²) in [6.45, 7) is 0.689. The molecule has 2 aromatic rings. The predicted octanol–water partition coefficient (Wildman–Crippen LogP) is 1.63. The maximum atomic E-state index is 11.4. The number of benzene rings is 1. The van der Waals surface area contributed by atoms with Crippen LogP contribution in [0.1, 0.15) is 23.8 Å². The Bertz CT molecular complexity index is 697. The van der Waals surface area contributed by atoms with Crippen LogP contribution in [0.5, 0.6) is 0 Å². The van der Waals surface area contributed by atoms with Gasteiger partial charge in [-0.1, -0.05) is 35.4 Å². The fraction of sp³-hybridized carbons (Fsp3) is 0.429. The van der Waals surface area contributed by atoms with Crippen LogP contribution in [0.4, 0.5) is 6.01 Å². The van der Waals surface area contributed by atoms with Crippen molar-refractivity contribution in [1.29, 1.82) is 0 Å². The van der Waals surface area contributed by atoms with Crippen LogP contribution in [-0.4, -0.2) is 36.7 Å². The van der Waals surface area contributed by atoms with E-state index < -0.39 is 9.84 Å². The molecule has 7 heteroatoms. The van der Waals surface area contributed by atoms with E-state index in [1.54, 1.807) is 0 Å². The summed E-state index contributed by atoms with van der Waals surface area (Å²) < 4.78 is 28.4. The number of sulfone groups is 1. The molecule has 0 saturated carbocycles. The zero-order chi connectivity index (χ0) is 14.7. The average molecular weight is 307 g/mol. The highest BCUT2D eigenvalue weighted by molar-refractivity contribution is 7.91. The van der Waals surface area contributed by atoms with Crippen molar-refractivity contribution in [3.05, 3.63) is 41.8 Å². The van der Waals surface area contributed by atoms with Gasteiger partial charge in [0.1, 0.15) is 0 Å². The van der Waals surface area contributed by atoms with Crippen molar-refractivity contribution >= 4 is 15.9 Å². The van der Waals surface area contributed by atoms with Crippen LogP contribution in [-0.2, 0) is 16.3 Å². The van der Waals surface area contributed by atoms with E-state index in [-0.39, 0.29) is 17.4 Å². The summed E-state index contributed by atoms with van der Waals surface area (Å²) in [4.78, 5) is 0. The molecule has 1 aromatic heterocycles. The van der Waals surface area contributed by atoms with Crippen LogP contribution < -0.4 is 5.32 Å². The molecule has 1 unspecified atom stereocenters. The largest absolute Gasteiger partial charge is 0.408 e. The van der Waals surface area contributed by atoms with Crippen LogP contribution in [0.3, 0.4) is 0 Å². The summed E-state index contributed by atoms with van der Waals surface area (Å²) >= 11 is 0. The second-order valence-electron chi connectivity index (χ2n) is 5.21. The Labute approximate surface area is 123 Å². The third-order valence-corrected chi connectivity index (χ3v) is 5.32. The average Bonchev–Trinajstić information content (AvgIpc) is 3.06. The van der Waals surface area contributed by atoms with Gasteiger partial charge in [-0.2, -0.15) is 0 Å². The molecule has 6 nitrogen and oxygen atoms in total. The summed E-state index contributed by atoms with van der Waals surface area (Å²) in [7, 11) is -2.94. The molecule has 112 valence electrons. The van der Waals surface area contributed by atoms with Crippen LogP contribution in [0.15, 0.2) is 34.7 Å². The first-order valence-electron chi connectivity index (χ1n) is 6.94. The predicted molar refractivity (Wildman–Crippen MR) is 78.9 cm³/mol. The molecular weight excluding hydrogens is 290 g/mol. The molecule has 1 aliphatic rings. The Morgan fingerprint density at radius 2 is 2.05 bits per heavy atom. The highest BCUT2D eigenvalue weighted by atomic mass is 32.2. The maximum absolute atomic E-state index is 11.4. The van der Waals surface area contributed by atoms with E-state index in [1.807, 2.05) is 18.2 Å². The van der Waals surface area contributed by atoms with Crippen molar-refractivity contribution < 1.29 is 12.8 Å². The number of hydrogen-bond acceptors (Lipinski definition) is 6. The molecule has 21 heavy (non-hydrogen) atoms. The van der Waals surface area contributed by atoms with Crippen molar-refractivity contribution in [2.75, 3.05) is 23.4 Å². The van der Waals surface area contributed by atoms with Gasteiger partial charge in [0.05, 0.1) is 17.4 Å². The fourth-order valence-electron chi connectivity index (χ4n) is 2.42. The van der Waals surface area contributed by atoms with Gasteiger partial charge >= 0.3 is 6.01 Å². The molecule has 1 fully saturated rings. The Balaban J connectivity index is 1.54. The summed E-state index contributed by atoms with van der Waals surface area (Å²) in [5, 5.41) is 10.9. The number of hydrogen-bond donors (Lipinski definition) is 1. The molecule has 2 heterocycles. The summed E-state index contributed by atoms with van der Waals surface area (Å²) in [5.74, 6) is 0.570. The third-order valence-electron chi connectivity index (χ3n) is 3.56. The SMILES string of the molecule is O=S1(=O)CCC(c2nnc(NCCc3ccccc3)o2)C1. The molecule has 0 amide bonds. The number of nitrogens with one attached hydrogen (secondary N) is 1. The van der Waals surface area contributed by atoms with Crippen LogP contribution in [0.2, 0.25) is 0 Å². The lowest BCUT2D eigenvalue weighted by atomic mass is 10.1. The second-order valence-corrected chi connectivity index (χ2v) is 7.44. The van der Waals surface area contributed by atoms with Gasteiger partial charge < -0.3 is 9.73 Å². The molecule has 1 N–H and O–H groups in total. The lowest BCUT2D eigenvalue weighted by molar-refractivity contribution is 0.470. The fourth-order valence-corrected chi connectivity index (χ4v) is 4.15. The van der Waals surface area contributed by atoms with Gasteiger partial charge in [0.15, 0.2) is 9.84 Å². The quantitative estimate of drug-likeness (QED) is 0.903. The van der Waals surface area contributed by atoms with E-state index in [0.717, 1.165) is 6.42 Å². The number of nitrogens with zero attached hydrogens (tertiary/aromatic N) is 2. The van der Waals surface area contributed by atoms with Gasteiger partial charge in [0.25, 0.3) is 0 Å². The molecule has 1 aromatic carbocycles. The summed E-state index contributed by atoms with van der Waals surface area (Å²) in [6.07, 6.45) is 1.42. The lowest BCUT2D eigenvalue weighted by Crippen LogP contribution is -2.05. The van der Waals surface area contributed by atoms with E-state index in [2.05, 4.69) is 27.6 Å². The normalized spacial score (nSPS) is 20.5. The van der Waals surface area contributed by atoms with Crippen molar-refractivity contribution in [3.8, 4) is 0 Å². The minimum atomic E-state index is -2.94. The molecular formula is C14H17N3O3S. The van der Waals surface area contributed by atoms with E-state index in [9.17, 15) is 8.42 Å². The Morgan fingerprint density at radius 3 is 2.76 bits per heavy atom. The zero-order valence-corrected chi connectivity index (χ0v) is 12.3. The third kappa shape index (κ3) is 3.60. The first-order valence-corrected chi connectivity index (χ1v) is 8.76. The topological polar surface area (TPSA) is 85.1 Å². The van der Waals surface area contributed by atoms with Crippen LogP contribution in [0.25, 0.3) is 0 Å². The Kier molecular flexibility index (Phi) is 3.92. The second kappa shape index (κ2) is 5.85. The Hall–Kier alpha value is -1.89. The lowest BCUT2D eigenvalue weighted by Gasteiger charge is -2.02. The molecule has 1 saturated heterocycles. The monoisotopic (exact) mass is 307 g/mol. The Morgan fingerprint density at radius 1 is 1.24 bits per heavy atom. The van der Waals surface area contributed by atoms with Crippen LogP contribution in [0, 0.1) is 0 Å². The van der Waals surface area contributed by atoms with Gasteiger partial charge in [0.2, 0.25) is 5.89 Å². The van der Waals surface area contributed by atoms with E-state index >= 15 is 0 Å². The van der Waals surface area contributed by atoms with Gasteiger partial charge in [-0.15, -0.1) is 5.10 Å². The van der Waals surface area contributed by atoms with Gasteiger partial charge in [0, 0.05) is 6.54 Å². The number of rotatable bonds is 5. The number of anilines is 1. The van der Waals surface area contributed by atoms with Crippen molar-refractivity contribution in [3.63, 3.8) is 0 Å². The van der Waals surface area contributed by atoms with Crippen LogP contribution >= 0.6 is 0 Å². The van der Waals surface area contributed by atoms with Gasteiger partial charge in [-0.05, 0) is 18.4 Å². The van der Waals surface area contributed by atoms with Crippen molar-refractivity contribution in [1.82, 2.24) is 10.2 Å². The van der Waals surface area contributed by atoms with Gasteiger partial charge in [-0.3, -0.25) is 0 Å². The highest BCUT2D eigenvalue weighted by Gasteiger charge is 2.32. The van der Waals surface area contributed by atoms with Gasteiger partial charge in [-0.25, -0.2) is 8.42 Å². The molecule has 0 radical (unpaired) electrons. The number of aromatic nitrogens is 2. The van der Waals surface area contributed by atoms with Crippen molar-refractivity contribution in [2.24, 2.45) is 0 Å². The summed E-state index contributed by atoms with van der Waals surface area (Å²) in [6, 6.07) is 10.5. The summed E-state index contributed by atoms with van der Waals surface area (Å²) in [5.41, 5.74) is 1.23.